The lowest BCUT2D eigenvalue weighted by atomic mass is 10.2. The molecule has 0 saturated carbocycles. The van der Waals surface area contributed by atoms with Crippen LogP contribution in [-0.4, -0.2) is 31.0 Å². The van der Waals surface area contributed by atoms with E-state index in [2.05, 4.69) is 21.2 Å². The lowest BCUT2D eigenvalue weighted by molar-refractivity contribution is 0.0895. The summed E-state index contributed by atoms with van der Waals surface area (Å²) in [7, 11) is 1.60. The summed E-state index contributed by atoms with van der Waals surface area (Å²) in [6.07, 6.45) is 0.793. The fourth-order valence-corrected chi connectivity index (χ4v) is 2.29. The number of amides is 1. The molecule has 0 spiro atoms. The lowest BCUT2D eigenvalue weighted by Crippen LogP contribution is -2.38. The highest BCUT2D eigenvalue weighted by atomic mass is 79.9. The first-order chi connectivity index (χ1) is 8.58. The van der Waals surface area contributed by atoms with E-state index in [1.54, 1.807) is 25.3 Å². The van der Waals surface area contributed by atoms with E-state index in [-0.39, 0.29) is 11.9 Å². The normalized spacial score (nSPS) is 12.2. The van der Waals surface area contributed by atoms with Crippen LogP contribution in [0.4, 0.5) is 0 Å². The Kier molecular flexibility index (Phi) is 7.00. The summed E-state index contributed by atoms with van der Waals surface area (Å²) >= 11 is 15.0. The van der Waals surface area contributed by atoms with Crippen molar-refractivity contribution in [3.05, 3.63) is 33.8 Å². The molecule has 0 aromatic heterocycles. The Balaban J connectivity index is 2.70. The minimum atomic E-state index is -0.184. The van der Waals surface area contributed by atoms with Crippen molar-refractivity contribution in [3.8, 4) is 0 Å². The highest BCUT2D eigenvalue weighted by Crippen LogP contribution is 2.22. The monoisotopic (exact) mass is 353 g/mol. The second-order valence-electron chi connectivity index (χ2n) is 3.73. The van der Waals surface area contributed by atoms with Gasteiger partial charge in [-0.25, -0.2) is 0 Å². The highest BCUT2D eigenvalue weighted by molar-refractivity contribution is 9.09. The fourth-order valence-electron chi connectivity index (χ4n) is 1.44. The molecule has 1 amide bonds. The van der Waals surface area contributed by atoms with E-state index in [1.807, 2.05) is 0 Å². The first-order valence-electron chi connectivity index (χ1n) is 5.39. The maximum Gasteiger partial charge on any atom is 0.251 e. The molecule has 0 aliphatic heterocycles. The van der Waals surface area contributed by atoms with Crippen LogP contribution in [0.1, 0.15) is 16.8 Å². The van der Waals surface area contributed by atoms with Gasteiger partial charge in [0.15, 0.2) is 0 Å². The molecule has 1 N–H and O–H groups in total. The standard InChI is InChI=1S/C12H14BrCl2NO2/c1-18-7-9(4-5-13)16-12(17)8-2-3-10(14)11(15)6-8/h2-3,6,9H,4-5,7H2,1H3,(H,16,17). The van der Waals surface area contributed by atoms with Crippen molar-refractivity contribution in [1.29, 1.82) is 0 Å². The van der Waals surface area contributed by atoms with Crippen LogP contribution in [0.3, 0.4) is 0 Å². The maximum absolute atomic E-state index is 12.0. The van der Waals surface area contributed by atoms with Crippen molar-refractivity contribution < 1.29 is 9.53 Å². The summed E-state index contributed by atoms with van der Waals surface area (Å²) in [4.78, 5) is 12.0. The summed E-state index contributed by atoms with van der Waals surface area (Å²) < 4.78 is 5.05. The van der Waals surface area contributed by atoms with Gasteiger partial charge in [-0.05, 0) is 24.6 Å². The number of hydrogen-bond donors (Lipinski definition) is 1. The molecule has 1 aromatic carbocycles. The Morgan fingerprint density at radius 2 is 2.17 bits per heavy atom. The number of methoxy groups -OCH3 is 1. The molecule has 0 radical (unpaired) electrons. The lowest BCUT2D eigenvalue weighted by Gasteiger charge is -2.17. The van der Waals surface area contributed by atoms with Crippen LogP contribution in [0.25, 0.3) is 0 Å². The molecule has 0 aliphatic rings. The molecule has 1 rings (SSSR count). The van der Waals surface area contributed by atoms with Gasteiger partial charge in [-0.3, -0.25) is 4.79 Å². The molecule has 1 atom stereocenters. The highest BCUT2D eigenvalue weighted by Gasteiger charge is 2.14. The second kappa shape index (κ2) is 8.00. The number of rotatable bonds is 6. The van der Waals surface area contributed by atoms with E-state index in [0.29, 0.717) is 22.2 Å². The van der Waals surface area contributed by atoms with Crippen LogP contribution >= 0.6 is 39.1 Å². The van der Waals surface area contributed by atoms with Crippen LogP contribution in [0, 0.1) is 0 Å². The van der Waals surface area contributed by atoms with Crippen molar-refractivity contribution >= 4 is 45.0 Å². The van der Waals surface area contributed by atoms with Crippen molar-refractivity contribution in [2.45, 2.75) is 12.5 Å². The molecule has 100 valence electrons. The molecule has 0 bridgehead atoms. The largest absolute Gasteiger partial charge is 0.383 e. The van der Waals surface area contributed by atoms with Crippen molar-refractivity contribution in [2.24, 2.45) is 0 Å². The van der Waals surface area contributed by atoms with E-state index in [1.165, 1.54) is 0 Å². The van der Waals surface area contributed by atoms with Crippen LogP contribution in [0.15, 0.2) is 18.2 Å². The number of alkyl halides is 1. The average molecular weight is 355 g/mol. The van der Waals surface area contributed by atoms with E-state index in [0.717, 1.165) is 11.8 Å². The zero-order valence-electron chi connectivity index (χ0n) is 9.88. The Labute approximate surface area is 125 Å². The molecule has 1 aromatic rings. The summed E-state index contributed by atoms with van der Waals surface area (Å²) in [5, 5.41) is 4.48. The minimum Gasteiger partial charge on any atom is -0.383 e. The molecule has 18 heavy (non-hydrogen) atoms. The van der Waals surface area contributed by atoms with E-state index < -0.39 is 0 Å². The fraction of sp³-hybridized carbons (Fsp3) is 0.417. The molecule has 0 fully saturated rings. The predicted octanol–water partition coefficient (Wildman–Crippen LogP) is 3.52. The third-order valence-corrected chi connectivity index (χ3v) is 3.54. The van der Waals surface area contributed by atoms with Gasteiger partial charge in [-0.2, -0.15) is 0 Å². The quantitative estimate of drug-likeness (QED) is 0.793. The van der Waals surface area contributed by atoms with Gasteiger partial charge in [0.2, 0.25) is 0 Å². The number of ether oxygens (including phenoxy) is 1. The molecule has 1 unspecified atom stereocenters. The van der Waals surface area contributed by atoms with Gasteiger partial charge in [0.05, 0.1) is 22.7 Å². The van der Waals surface area contributed by atoms with E-state index >= 15 is 0 Å². The minimum absolute atomic E-state index is 0.0312. The topological polar surface area (TPSA) is 38.3 Å². The van der Waals surface area contributed by atoms with Crippen LogP contribution in [0.2, 0.25) is 10.0 Å². The smallest absolute Gasteiger partial charge is 0.251 e. The molecule has 0 heterocycles. The van der Waals surface area contributed by atoms with Gasteiger partial charge in [0, 0.05) is 18.0 Å². The van der Waals surface area contributed by atoms with Crippen LogP contribution < -0.4 is 5.32 Å². The van der Waals surface area contributed by atoms with Gasteiger partial charge in [0.1, 0.15) is 0 Å². The maximum atomic E-state index is 12.0. The first-order valence-corrected chi connectivity index (χ1v) is 7.27. The zero-order chi connectivity index (χ0) is 13.5. The van der Waals surface area contributed by atoms with Crippen LogP contribution in [-0.2, 0) is 4.74 Å². The Morgan fingerprint density at radius 1 is 1.44 bits per heavy atom. The number of carbonyl (C=O) groups is 1. The average Bonchev–Trinajstić information content (AvgIpc) is 2.33. The summed E-state index contributed by atoms with van der Waals surface area (Å²) in [5.41, 5.74) is 0.486. The third kappa shape index (κ3) is 4.76. The predicted molar refractivity (Wildman–Crippen MR) is 78.0 cm³/mol. The number of halogens is 3. The summed E-state index contributed by atoms with van der Waals surface area (Å²) in [5.74, 6) is -0.184. The van der Waals surface area contributed by atoms with E-state index in [9.17, 15) is 4.79 Å². The molecule has 0 saturated heterocycles. The van der Waals surface area contributed by atoms with Gasteiger partial charge in [-0.15, -0.1) is 0 Å². The number of nitrogens with one attached hydrogen (secondary N) is 1. The van der Waals surface area contributed by atoms with E-state index in [4.69, 9.17) is 27.9 Å². The van der Waals surface area contributed by atoms with Crippen LogP contribution in [0.5, 0.6) is 0 Å². The molecule has 0 aliphatic carbocycles. The Bertz CT molecular complexity index is 409. The Hall–Kier alpha value is -0.290. The van der Waals surface area contributed by atoms with Gasteiger partial charge >= 0.3 is 0 Å². The molecule has 6 heteroatoms. The summed E-state index contributed by atoms with van der Waals surface area (Å²) in [6, 6.07) is 4.77. The van der Waals surface area contributed by atoms with Crippen molar-refractivity contribution in [1.82, 2.24) is 5.32 Å². The number of hydrogen-bond acceptors (Lipinski definition) is 2. The molecular weight excluding hydrogens is 341 g/mol. The second-order valence-corrected chi connectivity index (χ2v) is 5.34. The molecular formula is C12H14BrCl2NO2. The van der Waals surface area contributed by atoms with Gasteiger partial charge in [0.25, 0.3) is 5.91 Å². The Morgan fingerprint density at radius 3 is 2.72 bits per heavy atom. The zero-order valence-corrected chi connectivity index (χ0v) is 13.0. The summed E-state index contributed by atoms with van der Waals surface area (Å²) in [6.45, 7) is 0.471. The van der Waals surface area contributed by atoms with Gasteiger partial charge < -0.3 is 10.1 Å². The van der Waals surface area contributed by atoms with Crippen molar-refractivity contribution in [3.63, 3.8) is 0 Å². The SMILES string of the molecule is COCC(CCBr)NC(=O)c1ccc(Cl)c(Cl)c1. The molecule has 3 nitrogen and oxygen atoms in total. The number of carbonyl (C=O) groups excluding carboxylic acids is 1. The first kappa shape index (κ1) is 15.8. The van der Waals surface area contributed by atoms with Crippen molar-refractivity contribution in [2.75, 3.05) is 19.0 Å². The van der Waals surface area contributed by atoms with Gasteiger partial charge in [-0.1, -0.05) is 39.1 Å². The number of benzene rings is 1. The third-order valence-electron chi connectivity index (χ3n) is 2.34.